The SMILES string of the molecule is Cc1nc(CN2CCN(c3cnn(CC(F)F)c(=O)c3)CC2)cs1. The van der Waals surface area contributed by atoms with Gasteiger partial charge in [-0.15, -0.1) is 11.3 Å². The normalized spacial score (nSPS) is 16.1. The summed E-state index contributed by atoms with van der Waals surface area (Å²) in [5.41, 5.74) is 1.28. The van der Waals surface area contributed by atoms with E-state index in [0.29, 0.717) is 5.69 Å². The quantitative estimate of drug-likeness (QED) is 0.815. The summed E-state index contributed by atoms with van der Waals surface area (Å²) in [6.07, 6.45) is -1.09. The molecule has 1 fully saturated rings. The fourth-order valence-electron chi connectivity index (χ4n) is 2.74. The van der Waals surface area contributed by atoms with E-state index in [4.69, 9.17) is 0 Å². The van der Waals surface area contributed by atoms with Crippen LogP contribution in [0.3, 0.4) is 0 Å². The Hall–Kier alpha value is -1.87. The molecule has 3 rings (SSSR count). The molecule has 0 atom stereocenters. The highest BCUT2D eigenvalue weighted by Gasteiger charge is 2.19. The van der Waals surface area contributed by atoms with Crippen LogP contribution >= 0.6 is 11.3 Å². The highest BCUT2D eigenvalue weighted by molar-refractivity contribution is 7.09. The monoisotopic (exact) mass is 355 g/mol. The van der Waals surface area contributed by atoms with E-state index >= 15 is 0 Å². The number of anilines is 1. The number of nitrogens with zero attached hydrogens (tertiary/aromatic N) is 5. The van der Waals surface area contributed by atoms with Crippen LogP contribution in [0.25, 0.3) is 0 Å². The summed E-state index contributed by atoms with van der Waals surface area (Å²) in [6.45, 7) is 5.40. The van der Waals surface area contributed by atoms with Crippen molar-refractivity contribution in [2.24, 2.45) is 0 Å². The number of hydrogen-bond acceptors (Lipinski definition) is 6. The van der Waals surface area contributed by atoms with E-state index in [1.54, 1.807) is 11.3 Å². The molecule has 3 heterocycles. The minimum atomic E-state index is -2.58. The molecule has 0 spiro atoms. The number of aryl methyl sites for hydroxylation is 1. The third-order valence-corrected chi connectivity index (χ3v) is 4.78. The molecular formula is C15H19F2N5OS. The van der Waals surface area contributed by atoms with Crippen molar-refractivity contribution < 1.29 is 8.78 Å². The Morgan fingerprint density at radius 2 is 2.04 bits per heavy atom. The van der Waals surface area contributed by atoms with Gasteiger partial charge in [-0.1, -0.05) is 0 Å². The molecule has 1 aliphatic rings. The van der Waals surface area contributed by atoms with E-state index in [1.807, 2.05) is 6.92 Å². The summed E-state index contributed by atoms with van der Waals surface area (Å²) in [5.74, 6) is 0. The van der Waals surface area contributed by atoms with Gasteiger partial charge in [0.05, 0.1) is 22.6 Å². The molecule has 2 aromatic heterocycles. The van der Waals surface area contributed by atoms with Gasteiger partial charge >= 0.3 is 0 Å². The zero-order valence-corrected chi connectivity index (χ0v) is 14.2. The summed E-state index contributed by atoms with van der Waals surface area (Å²) in [5, 5.41) is 6.99. The van der Waals surface area contributed by atoms with Crippen molar-refractivity contribution in [1.82, 2.24) is 19.7 Å². The first kappa shape index (κ1) is 17.0. The zero-order valence-electron chi connectivity index (χ0n) is 13.4. The van der Waals surface area contributed by atoms with Gasteiger partial charge in [-0.3, -0.25) is 9.69 Å². The molecule has 130 valence electrons. The van der Waals surface area contributed by atoms with Crippen LogP contribution in [0.5, 0.6) is 0 Å². The van der Waals surface area contributed by atoms with Crippen molar-refractivity contribution >= 4 is 17.0 Å². The van der Waals surface area contributed by atoms with Crippen molar-refractivity contribution in [3.63, 3.8) is 0 Å². The minimum Gasteiger partial charge on any atom is -0.368 e. The Morgan fingerprint density at radius 3 is 2.62 bits per heavy atom. The van der Waals surface area contributed by atoms with E-state index in [1.165, 1.54) is 12.3 Å². The van der Waals surface area contributed by atoms with Crippen molar-refractivity contribution in [3.05, 3.63) is 38.7 Å². The second kappa shape index (κ2) is 7.35. The van der Waals surface area contributed by atoms with E-state index in [9.17, 15) is 13.6 Å². The van der Waals surface area contributed by atoms with E-state index in [0.717, 1.165) is 48.1 Å². The summed E-state index contributed by atoms with van der Waals surface area (Å²) in [7, 11) is 0. The molecule has 0 N–H and O–H groups in total. The molecule has 2 aromatic rings. The van der Waals surface area contributed by atoms with E-state index < -0.39 is 18.5 Å². The first-order valence-corrected chi connectivity index (χ1v) is 8.63. The number of thiazole rings is 1. The molecule has 1 saturated heterocycles. The van der Waals surface area contributed by atoms with Crippen molar-refractivity contribution in [3.8, 4) is 0 Å². The third kappa shape index (κ3) is 4.15. The smallest absolute Gasteiger partial charge is 0.269 e. The number of alkyl halides is 2. The molecule has 0 radical (unpaired) electrons. The van der Waals surface area contributed by atoms with Crippen LogP contribution in [-0.2, 0) is 13.1 Å². The number of halogens is 2. The number of piperazine rings is 1. The predicted molar refractivity (Wildman–Crippen MR) is 88.8 cm³/mol. The zero-order chi connectivity index (χ0) is 17.1. The Morgan fingerprint density at radius 1 is 1.29 bits per heavy atom. The highest BCUT2D eigenvalue weighted by atomic mass is 32.1. The fraction of sp³-hybridized carbons (Fsp3) is 0.533. The maximum Gasteiger partial charge on any atom is 0.269 e. The van der Waals surface area contributed by atoms with E-state index in [-0.39, 0.29) is 0 Å². The molecule has 0 aromatic carbocycles. The van der Waals surface area contributed by atoms with Gasteiger partial charge in [0.25, 0.3) is 12.0 Å². The lowest BCUT2D eigenvalue weighted by Gasteiger charge is -2.35. The molecule has 0 aliphatic carbocycles. The van der Waals surface area contributed by atoms with Gasteiger partial charge in [-0.2, -0.15) is 5.10 Å². The number of aromatic nitrogens is 3. The predicted octanol–water partition coefficient (Wildman–Crippen LogP) is 1.60. The number of hydrogen-bond donors (Lipinski definition) is 0. The summed E-state index contributed by atoms with van der Waals surface area (Å²) in [6, 6.07) is 1.38. The average molecular weight is 355 g/mol. The molecular weight excluding hydrogens is 336 g/mol. The second-order valence-corrected chi connectivity index (χ2v) is 6.81. The van der Waals surface area contributed by atoms with Gasteiger partial charge in [0.15, 0.2) is 0 Å². The molecule has 1 aliphatic heterocycles. The van der Waals surface area contributed by atoms with Crippen molar-refractivity contribution in [1.29, 1.82) is 0 Å². The van der Waals surface area contributed by atoms with Crippen LogP contribution in [0.15, 0.2) is 22.4 Å². The topological polar surface area (TPSA) is 54.3 Å². The second-order valence-electron chi connectivity index (χ2n) is 5.75. The molecule has 0 saturated carbocycles. The fourth-order valence-corrected chi connectivity index (χ4v) is 3.34. The molecule has 0 amide bonds. The molecule has 0 bridgehead atoms. The molecule has 24 heavy (non-hydrogen) atoms. The molecule has 6 nitrogen and oxygen atoms in total. The van der Waals surface area contributed by atoms with Crippen LogP contribution < -0.4 is 10.5 Å². The van der Waals surface area contributed by atoms with Crippen LogP contribution in [0.4, 0.5) is 14.5 Å². The third-order valence-electron chi connectivity index (χ3n) is 3.96. The first-order chi connectivity index (χ1) is 11.5. The summed E-state index contributed by atoms with van der Waals surface area (Å²) in [4.78, 5) is 20.7. The Bertz CT molecular complexity index is 739. The van der Waals surface area contributed by atoms with Crippen LogP contribution in [-0.4, -0.2) is 52.3 Å². The largest absolute Gasteiger partial charge is 0.368 e. The molecule has 9 heteroatoms. The Labute approximate surface area is 142 Å². The Balaban J connectivity index is 1.58. The molecule has 0 unspecified atom stereocenters. The van der Waals surface area contributed by atoms with Gasteiger partial charge < -0.3 is 4.90 Å². The maximum atomic E-state index is 12.4. The van der Waals surface area contributed by atoms with Crippen LogP contribution in [0.2, 0.25) is 0 Å². The van der Waals surface area contributed by atoms with E-state index in [2.05, 4.69) is 25.3 Å². The van der Waals surface area contributed by atoms with Crippen LogP contribution in [0.1, 0.15) is 10.7 Å². The lowest BCUT2D eigenvalue weighted by molar-refractivity contribution is 0.119. The van der Waals surface area contributed by atoms with Crippen molar-refractivity contribution in [2.75, 3.05) is 31.1 Å². The first-order valence-electron chi connectivity index (χ1n) is 7.75. The summed E-state index contributed by atoms with van der Waals surface area (Å²) < 4.78 is 25.5. The number of rotatable bonds is 5. The van der Waals surface area contributed by atoms with Gasteiger partial charge in [0, 0.05) is 44.2 Å². The summed E-state index contributed by atoms with van der Waals surface area (Å²) >= 11 is 1.65. The minimum absolute atomic E-state index is 0.492. The lowest BCUT2D eigenvalue weighted by atomic mass is 10.2. The van der Waals surface area contributed by atoms with Crippen molar-refractivity contribution in [2.45, 2.75) is 26.4 Å². The van der Waals surface area contributed by atoms with Gasteiger partial charge in [-0.05, 0) is 6.92 Å². The average Bonchev–Trinajstić information content (AvgIpc) is 2.95. The lowest BCUT2D eigenvalue weighted by Crippen LogP contribution is -2.46. The van der Waals surface area contributed by atoms with Crippen LogP contribution in [0, 0.1) is 6.92 Å². The van der Waals surface area contributed by atoms with Gasteiger partial charge in [0.2, 0.25) is 0 Å². The highest BCUT2D eigenvalue weighted by Crippen LogP contribution is 2.16. The standard InChI is InChI=1S/C15H19F2N5OS/c1-11-19-12(10-24-11)8-20-2-4-21(5-3-20)13-6-15(23)22(18-7-13)9-14(16)17/h6-7,10,14H,2-5,8-9H2,1H3. The van der Waals surface area contributed by atoms with Gasteiger partial charge in [0.1, 0.15) is 6.54 Å². The maximum absolute atomic E-state index is 12.4. The van der Waals surface area contributed by atoms with Gasteiger partial charge in [-0.25, -0.2) is 18.4 Å². The Kier molecular flexibility index (Phi) is 5.20.